The molecule has 1 unspecified atom stereocenters. The normalized spacial score (nSPS) is 12.7. The second kappa shape index (κ2) is 6.15. The Kier molecular flexibility index (Phi) is 4.78. The molecular weight excluding hydrogens is 337 g/mol. The van der Waals surface area contributed by atoms with Gasteiger partial charge in [-0.3, -0.25) is 0 Å². The first-order valence-corrected chi connectivity index (χ1v) is 7.59. The predicted molar refractivity (Wildman–Crippen MR) is 78.9 cm³/mol. The van der Waals surface area contributed by atoms with Gasteiger partial charge in [0.15, 0.2) is 0 Å². The molecule has 0 aliphatic rings. The molecule has 0 aliphatic heterocycles. The Bertz CT molecular complexity index is 523. The molecule has 0 saturated carbocycles. The van der Waals surface area contributed by atoms with Gasteiger partial charge in [0.05, 0.1) is 11.1 Å². The van der Waals surface area contributed by atoms with Crippen molar-refractivity contribution in [2.75, 3.05) is 6.54 Å². The summed E-state index contributed by atoms with van der Waals surface area (Å²) >= 11 is 11.1. The minimum Gasteiger partial charge on any atom is -0.306 e. The quantitative estimate of drug-likeness (QED) is 0.819. The summed E-state index contributed by atoms with van der Waals surface area (Å²) in [4.78, 5) is 1.01. The average Bonchev–Trinajstić information content (AvgIpc) is 2.71. The van der Waals surface area contributed by atoms with Gasteiger partial charge in [-0.25, -0.2) is 4.39 Å². The number of benzene rings is 1. The van der Waals surface area contributed by atoms with E-state index in [0.29, 0.717) is 5.02 Å². The van der Waals surface area contributed by atoms with Crippen molar-refractivity contribution >= 4 is 38.9 Å². The van der Waals surface area contributed by atoms with E-state index < -0.39 is 0 Å². The van der Waals surface area contributed by atoms with Crippen LogP contribution in [-0.4, -0.2) is 6.54 Å². The third kappa shape index (κ3) is 3.12. The van der Waals surface area contributed by atoms with Crippen LogP contribution in [0.5, 0.6) is 0 Å². The van der Waals surface area contributed by atoms with E-state index in [9.17, 15) is 4.39 Å². The molecule has 5 heteroatoms. The van der Waals surface area contributed by atoms with Crippen LogP contribution in [0, 0.1) is 5.82 Å². The predicted octanol–water partition coefficient (Wildman–Crippen LogP) is 5.00. The van der Waals surface area contributed by atoms with Crippen LogP contribution >= 0.6 is 38.9 Å². The van der Waals surface area contributed by atoms with Crippen LogP contribution < -0.4 is 5.32 Å². The maximum absolute atomic E-state index is 13.5. The lowest BCUT2D eigenvalue weighted by Crippen LogP contribution is -2.21. The molecule has 1 N–H and O–H groups in total. The van der Waals surface area contributed by atoms with Gasteiger partial charge in [0, 0.05) is 9.35 Å². The van der Waals surface area contributed by atoms with E-state index in [4.69, 9.17) is 11.6 Å². The Morgan fingerprint density at radius 2 is 2.22 bits per heavy atom. The summed E-state index contributed by atoms with van der Waals surface area (Å²) in [6.45, 7) is 2.80. The van der Waals surface area contributed by atoms with Crippen molar-refractivity contribution in [2.45, 2.75) is 13.0 Å². The third-order valence-corrected chi connectivity index (χ3v) is 4.41. The Hall–Kier alpha value is -0.420. The van der Waals surface area contributed by atoms with Gasteiger partial charge < -0.3 is 5.32 Å². The minimum absolute atomic E-state index is 0.0745. The van der Waals surface area contributed by atoms with Gasteiger partial charge in [0.2, 0.25) is 0 Å². The van der Waals surface area contributed by atoms with Gasteiger partial charge in [0.25, 0.3) is 0 Å². The minimum atomic E-state index is -0.255. The van der Waals surface area contributed by atoms with Gasteiger partial charge in [0.1, 0.15) is 5.82 Å². The molecule has 0 spiro atoms. The summed E-state index contributed by atoms with van der Waals surface area (Å²) in [6, 6.07) is 6.68. The first kappa shape index (κ1) is 14.0. The number of hydrogen-bond acceptors (Lipinski definition) is 2. The van der Waals surface area contributed by atoms with E-state index in [2.05, 4.69) is 21.2 Å². The zero-order valence-corrected chi connectivity index (χ0v) is 12.9. The molecule has 0 bridgehead atoms. The number of hydrogen-bond donors (Lipinski definition) is 1. The second-order valence-corrected chi connectivity index (χ2v) is 6.10. The highest BCUT2D eigenvalue weighted by molar-refractivity contribution is 9.10. The standard InChI is InChI=1S/C13H12BrClFNS/c1-2-17-12(13-11(15)3-4-18-13)8-5-9(14)7-10(16)6-8/h3-7,12,17H,2H2,1H3. The van der Waals surface area contributed by atoms with Gasteiger partial charge in [-0.1, -0.05) is 34.5 Å². The first-order valence-electron chi connectivity index (χ1n) is 5.54. The molecule has 0 radical (unpaired) electrons. The lowest BCUT2D eigenvalue weighted by molar-refractivity contribution is 0.606. The number of halogens is 3. The molecule has 18 heavy (non-hydrogen) atoms. The van der Waals surface area contributed by atoms with Crippen molar-refractivity contribution in [3.8, 4) is 0 Å². The molecule has 2 rings (SSSR count). The van der Waals surface area contributed by atoms with Crippen LogP contribution in [0.25, 0.3) is 0 Å². The lowest BCUT2D eigenvalue weighted by atomic mass is 10.1. The maximum atomic E-state index is 13.5. The van der Waals surface area contributed by atoms with Crippen LogP contribution in [0.3, 0.4) is 0 Å². The SMILES string of the molecule is CCNC(c1cc(F)cc(Br)c1)c1sccc1Cl. The fourth-order valence-electron chi connectivity index (χ4n) is 1.82. The zero-order valence-electron chi connectivity index (χ0n) is 9.71. The molecule has 96 valence electrons. The van der Waals surface area contributed by atoms with Gasteiger partial charge >= 0.3 is 0 Å². The monoisotopic (exact) mass is 347 g/mol. The summed E-state index contributed by atoms with van der Waals surface area (Å²) in [5, 5.41) is 5.99. The van der Waals surface area contributed by atoms with Crippen molar-refractivity contribution in [1.82, 2.24) is 5.32 Å². The van der Waals surface area contributed by atoms with Gasteiger partial charge in [-0.15, -0.1) is 11.3 Å². The van der Waals surface area contributed by atoms with Crippen LogP contribution in [0.2, 0.25) is 5.02 Å². The summed E-state index contributed by atoms with van der Waals surface area (Å²) in [5.74, 6) is -0.255. The zero-order chi connectivity index (χ0) is 13.1. The molecule has 1 atom stereocenters. The van der Waals surface area contributed by atoms with Crippen molar-refractivity contribution in [3.05, 3.63) is 55.4 Å². The molecule has 1 nitrogen and oxygen atoms in total. The highest BCUT2D eigenvalue weighted by Gasteiger charge is 2.18. The van der Waals surface area contributed by atoms with E-state index in [-0.39, 0.29) is 11.9 Å². The summed E-state index contributed by atoms with van der Waals surface area (Å²) in [6.07, 6.45) is 0. The van der Waals surface area contributed by atoms with Crippen LogP contribution in [-0.2, 0) is 0 Å². The Balaban J connectivity index is 2.44. The Labute approximate surface area is 123 Å². The smallest absolute Gasteiger partial charge is 0.124 e. The average molecular weight is 349 g/mol. The largest absolute Gasteiger partial charge is 0.306 e. The van der Waals surface area contributed by atoms with E-state index >= 15 is 0 Å². The fraction of sp³-hybridized carbons (Fsp3) is 0.231. The molecule has 1 aromatic carbocycles. The van der Waals surface area contributed by atoms with Crippen LogP contribution in [0.1, 0.15) is 23.4 Å². The van der Waals surface area contributed by atoms with E-state index in [0.717, 1.165) is 21.5 Å². The van der Waals surface area contributed by atoms with Crippen LogP contribution in [0.4, 0.5) is 4.39 Å². The van der Waals surface area contributed by atoms with E-state index in [1.807, 2.05) is 24.4 Å². The Morgan fingerprint density at radius 1 is 1.44 bits per heavy atom. The van der Waals surface area contributed by atoms with Crippen molar-refractivity contribution in [2.24, 2.45) is 0 Å². The third-order valence-electron chi connectivity index (χ3n) is 2.53. The summed E-state index contributed by atoms with van der Waals surface area (Å²) in [5.41, 5.74) is 0.869. The summed E-state index contributed by atoms with van der Waals surface area (Å²) < 4.78 is 14.2. The molecule has 2 aromatic rings. The molecule has 0 saturated heterocycles. The molecule has 1 aromatic heterocycles. The summed E-state index contributed by atoms with van der Waals surface area (Å²) in [7, 11) is 0. The van der Waals surface area contributed by atoms with Crippen molar-refractivity contribution in [1.29, 1.82) is 0 Å². The van der Waals surface area contributed by atoms with E-state index in [1.54, 1.807) is 11.3 Å². The van der Waals surface area contributed by atoms with Gasteiger partial charge in [-0.05, 0) is 41.8 Å². The fourth-order valence-corrected chi connectivity index (χ4v) is 3.57. The molecule has 0 fully saturated rings. The van der Waals surface area contributed by atoms with Crippen LogP contribution in [0.15, 0.2) is 34.1 Å². The lowest BCUT2D eigenvalue weighted by Gasteiger charge is -2.18. The van der Waals surface area contributed by atoms with Crippen molar-refractivity contribution < 1.29 is 4.39 Å². The highest BCUT2D eigenvalue weighted by atomic mass is 79.9. The topological polar surface area (TPSA) is 12.0 Å². The molecule has 1 heterocycles. The Morgan fingerprint density at radius 3 is 2.78 bits per heavy atom. The van der Waals surface area contributed by atoms with E-state index in [1.165, 1.54) is 12.1 Å². The first-order chi connectivity index (χ1) is 8.61. The highest BCUT2D eigenvalue weighted by Crippen LogP contribution is 2.34. The molecular formula is C13H12BrClFNS. The molecule has 0 aliphatic carbocycles. The maximum Gasteiger partial charge on any atom is 0.124 e. The number of nitrogens with one attached hydrogen (secondary N) is 1. The van der Waals surface area contributed by atoms with Gasteiger partial charge in [-0.2, -0.15) is 0 Å². The number of rotatable bonds is 4. The number of thiophene rings is 1. The van der Waals surface area contributed by atoms with Crippen molar-refractivity contribution in [3.63, 3.8) is 0 Å². The molecule has 0 amide bonds. The second-order valence-electron chi connectivity index (χ2n) is 3.83.